The minimum absolute atomic E-state index is 0.00746. The number of nitrogens with one attached hydrogen (secondary N) is 1. The summed E-state index contributed by atoms with van der Waals surface area (Å²) >= 11 is 0. The fraction of sp³-hybridized carbons (Fsp3) is 0.231. The Hall–Kier alpha value is -2.70. The Morgan fingerprint density at radius 2 is 1.95 bits per heavy atom. The van der Waals surface area contributed by atoms with E-state index in [2.05, 4.69) is 24.9 Å². The zero-order valence-corrected chi connectivity index (χ0v) is 11.3. The van der Waals surface area contributed by atoms with Crippen molar-refractivity contribution in [3.8, 4) is 5.88 Å². The van der Waals surface area contributed by atoms with Gasteiger partial charge in [-0.25, -0.2) is 4.79 Å². The summed E-state index contributed by atoms with van der Waals surface area (Å²) < 4.78 is 4.49. The third kappa shape index (κ3) is 2.66. The van der Waals surface area contributed by atoms with Gasteiger partial charge in [0.05, 0.1) is 12.8 Å². The quantitative estimate of drug-likeness (QED) is 0.663. The Bertz CT molecular complexity index is 656. The van der Waals surface area contributed by atoms with Gasteiger partial charge in [0, 0.05) is 0 Å². The van der Waals surface area contributed by atoms with Gasteiger partial charge < -0.3 is 14.8 Å². The summed E-state index contributed by atoms with van der Waals surface area (Å²) in [5.74, 6) is -1.21. The van der Waals surface area contributed by atoms with E-state index >= 15 is 0 Å². The first-order valence-electron chi connectivity index (χ1n) is 5.88. The van der Waals surface area contributed by atoms with E-state index < -0.39 is 11.8 Å². The van der Waals surface area contributed by atoms with Gasteiger partial charge >= 0.3 is 5.97 Å². The lowest BCUT2D eigenvalue weighted by atomic mass is 10.1. The molecule has 0 unspecified atom stereocenters. The van der Waals surface area contributed by atoms with Crippen molar-refractivity contribution in [2.75, 3.05) is 7.11 Å². The molecule has 0 saturated carbocycles. The van der Waals surface area contributed by atoms with Crippen LogP contribution in [0.15, 0.2) is 28.4 Å². The van der Waals surface area contributed by atoms with Crippen molar-refractivity contribution in [3.05, 3.63) is 35.2 Å². The second-order valence-electron chi connectivity index (χ2n) is 4.19. The average molecular weight is 274 g/mol. The molecule has 1 heterocycles. The van der Waals surface area contributed by atoms with Gasteiger partial charge in [0.15, 0.2) is 0 Å². The number of H-pyrrole nitrogens is 1. The van der Waals surface area contributed by atoms with Crippen LogP contribution in [0.1, 0.15) is 21.7 Å². The largest absolute Gasteiger partial charge is 0.491 e. The summed E-state index contributed by atoms with van der Waals surface area (Å²) in [6.45, 7) is 3.82. The number of methoxy groups -OCH3 is 1. The highest BCUT2D eigenvalue weighted by molar-refractivity contribution is 5.86. The van der Waals surface area contributed by atoms with Crippen molar-refractivity contribution >= 4 is 17.5 Å². The molecule has 2 aromatic rings. The summed E-state index contributed by atoms with van der Waals surface area (Å²) in [6, 6.07) is 5.74. The van der Waals surface area contributed by atoms with E-state index in [9.17, 15) is 9.90 Å². The summed E-state index contributed by atoms with van der Waals surface area (Å²) in [4.78, 5) is 17.4. The molecule has 7 nitrogen and oxygen atoms in total. The molecule has 1 aromatic carbocycles. The van der Waals surface area contributed by atoms with E-state index in [4.69, 9.17) is 0 Å². The molecule has 0 bridgehead atoms. The van der Waals surface area contributed by atoms with Crippen LogP contribution in [0.3, 0.4) is 0 Å². The summed E-state index contributed by atoms with van der Waals surface area (Å²) in [5, 5.41) is 17.5. The maximum atomic E-state index is 11.3. The van der Waals surface area contributed by atoms with Crippen molar-refractivity contribution in [2.24, 2.45) is 10.2 Å². The van der Waals surface area contributed by atoms with Gasteiger partial charge in [-0.1, -0.05) is 18.2 Å². The maximum Gasteiger partial charge on any atom is 0.374 e. The Labute approximate surface area is 115 Å². The van der Waals surface area contributed by atoms with Gasteiger partial charge in [0.1, 0.15) is 0 Å². The van der Waals surface area contributed by atoms with Crippen LogP contribution in [0.4, 0.5) is 11.5 Å². The number of esters is 1. The van der Waals surface area contributed by atoms with Gasteiger partial charge in [0.2, 0.25) is 11.6 Å². The van der Waals surface area contributed by atoms with E-state index in [1.165, 1.54) is 7.11 Å². The second kappa shape index (κ2) is 5.52. The smallest absolute Gasteiger partial charge is 0.374 e. The molecule has 1 aromatic heterocycles. The van der Waals surface area contributed by atoms with Crippen LogP contribution < -0.4 is 0 Å². The molecular formula is C13H14N4O3. The Kier molecular flexibility index (Phi) is 3.79. The zero-order chi connectivity index (χ0) is 14.7. The van der Waals surface area contributed by atoms with Gasteiger partial charge in [-0.3, -0.25) is 0 Å². The molecule has 0 fully saturated rings. The van der Waals surface area contributed by atoms with E-state index in [1.54, 1.807) is 0 Å². The van der Waals surface area contributed by atoms with E-state index in [0.29, 0.717) is 5.69 Å². The highest BCUT2D eigenvalue weighted by atomic mass is 16.5. The first-order chi connectivity index (χ1) is 9.52. The first-order valence-corrected chi connectivity index (χ1v) is 5.88. The topological polar surface area (TPSA) is 99.9 Å². The minimum Gasteiger partial charge on any atom is -0.491 e. The summed E-state index contributed by atoms with van der Waals surface area (Å²) in [6.07, 6.45) is 0. The number of aromatic amines is 1. The molecule has 0 spiro atoms. The van der Waals surface area contributed by atoms with Crippen molar-refractivity contribution < 1.29 is 14.6 Å². The van der Waals surface area contributed by atoms with Crippen LogP contribution in [0, 0.1) is 13.8 Å². The van der Waals surface area contributed by atoms with Crippen molar-refractivity contribution in [1.82, 2.24) is 9.97 Å². The molecule has 0 aliphatic rings. The predicted molar refractivity (Wildman–Crippen MR) is 71.7 cm³/mol. The number of azo groups is 1. The Morgan fingerprint density at radius 3 is 2.55 bits per heavy atom. The molecule has 0 aliphatic heterocycles. The van der Waals surface area contributed by atoms with Crippen LogP contribution in [0.2, 0.25) is 0 Å². The molecular weight excluding hydrogens is 260 g/mol. The molecule has 20 heavy (non-hydrogen) atoms. The number of hydrogen-bond donors (Lipinski definition) is 2. The number of carbonyl (C=O) groups is 1. The normalized spacial score (nSPS) is 10.9. The third-order valence-corrected chi connectivity index (χ3v) is 2.73. The standard InChI is InChI=1S/C13H14N4O3/c1-7-5-4-6-8(2)9(7)16-17-10-12(18)15-11(14-10)13(19)20-3/h4-6,18H,1-3H3,(H,14,15). The van der Waals surface area contributed by atoms with Crippen molar-refractivity contribution in [2.45, 2.75) is 13.8 Å². The molecule has 0 atom stereocenters. The lowest BCUT2D eigenvalue weighted by molar-refractivity contribution is 0.0587. The van der Waals surface area contributed by atoms with Crippen LogP contribution in [-0.2, 0) is 4.74 Å². The number of benzene rings is 1. The average Bonchev–Trinajstić information content (AvgIpc) is 2.79. The van der Waals surface area contributed by atoms with Gasteiger partial charge in [-0.05, 0) is 25.0 Å². The van der Waals surface area contributed by atoms with Gasteiger partial charge in [-0.15, -0.1) is 10.2 Å². The van der Waals surface area contributed by atoms with E-state index in [0.717, 1.165) is 11.1 Å². The van der Waals surface area contributed by atoms with E-state index in [-0.39, 0.29) is 11.6 Å². The minimum atomic E-state index is -0.686. The fourth-order valence-corrected chi connectivity index (χ4v) is 1.68. The predicted octanol–water partition coefficient (Wildman–Crippen LogP) is 2.93. The van der Waals surface area contributed by atoms with Crippen molar-refractivity contribution in [1.29, 1.82) is 0 Å². The van der Waals surface area contributed by atoms with Crippen LogP contribution >= 0.6 is 0 Å². The lowest BCUT2D eigenvalue weighted by Gasteiger charge is -2.01. The van der Waals surface area contributed by atoms with Crippen LogP contribution in [0.25, 0.3) is 0 Å². The van der Waals surface area contributed by atoms with E-state index in [1.807, 2.05) is 32.0 Å². The highest BCUT2D eigenvalue weighted by Gasteiger charge is 2.15. The fourth-order valence-electron chi connectivity index (χ4n) is 1.68. The molecule has 2 N–H and O–H groups in total. The SMILES string of the molecule is COC(=O)c1nc(O)c(N=Nc2c(C)cccc2C)[nH]1. The number of aryl methyl sites for hydroxylation is 2. The number of rotatable bonds is 3. The van der Waals surface area contributed by atoms with Gasteiger partial charge in [0.25, 0.3) is 5.88 Å². The number of imidazole rings is 1. The van der Waals surface area contributed by atoms with Crippen molar-refractivity contribution in [3.63, 3.8) is 0 Å². The summed E-state index contributed by atoms with van der Waals surface area (Å²) in [5.41, 5.74) is 2.63. The zero-order valence-electron chi connectivity index (χ0n) is 11.3. The molecule has 0 saturated heterocycles. The molecule has 2 rings (SSSR count). The van der Waals surface area contributed by atoms with Crippen LogP contribution in [0.5, 0.6) is 5.88 Å². The number of carbonyl (C=O) groups excluding carboxylic acids is 1. The Morgan fingerprint density at radius 1 is 1.30 bits per heavy atom. The second-order valence-corrected chi connectivity index (χ2v) is 4.19. The maximum absolute atomic E-state index is 11.3. The number of ether oxygens (including phenoxy) is 1. The Balaban J connectivity index is 2.32. The highest BCUT2D eigenvalue weighted by Crippen LogP contribution is 2.28. The molecule has 0 radical (unpaired) electrons. The number of aromatic hydroxyl groups is 1. The molecule has 104 valence electrons. The number of nitrogens with zero attached hydrogens (tertiary/aromatic N) is 3. The molecule has 0 amide bonds. The summed E-state index contributed by atoms with van der Waals surface area (Å²) in [7, 11) is 1.22. The molecule has 0 aliphatic carbocycles. The van der Waals surface area contributed by atoms with Gasteiger partial charge in [-0.2, -0.15) is 4.98 Å². The first kappa shape index (κ1) is 13.7. The molecule has 7 heteroatoms. The number of hydrogen-bond acceptors (Lipinski definition) is 6. The number of aromatic nitrogens is 2. The third-order valence-electron chi connectivity index (χ3n) is 2.73. The lowest BCUT2D eigenvalue weighted by Crippen LogP contribution is -2.02. The van der Waals surface area contributed by atoms with Crippen LogP contribution in [-0.4, -0.2) is 28.2 Å². The monoisotopic (exact) mass is 274 g/mol.